The van der Waals surface area contributed by atoms with Gasteiger partial charge in [-0.2, -0.15) is 0 Å². The molecular weight excluding hydrogens is 242 g/mol. The summed E-state index contributed by atoms with van der Waals surface area (Å²) in [6.45, 7) is 3.41. The Hall–Kier alpha value is -1.46. The number of aromatic nitrogens is 1. The lowest BCUT2D eigenvalue weighted by Gasteiger charge is -2.22. The van der Waals surface area contributed by atoms with Gasteiger partial charge in [0.2, 0.25) is 0 Å². The van der Waals surface area contributed by atoms with Gasteiger partial charge in [0.25, 0.3) is 5.91 Å². The van der Waals surface area contributed by atoms with Crippen LogP contribution < -0.4 is 10.6 Å². The van der Waals surface area contributed by atoms with Crippen LogP contribution in [0.1, 0.15) is 29.8 Å². The van der Waals surface area contributed by atoms with E-state index in [-0.39, 0.29) is 5.91 Å². The molecular formula is C14H21N3O2. The molecule has 5 nitrogen and oxygen atoms in total. The second kappa shape index (κ2) is 7.86. The number of hydrogen-bond acceptors (Lipinski definition) is 4. The van der Waals surface area contributed by atoms with Crippen molar-refractivity contribution in [1.82, 2.24) is 15.6 Å². The van der Waals surface area contributed by atoms with Crippen molar-refractivity contribution in [2.45, 2.75) is 25.4 Å². The van der Waals surface area contributed by atoms with E-state index in [0.717, 1.165) is 32.4 Å². The van der Waals surface area contributed by atoms with E-state index in [1.807, 2.05) is 6.07 Å². The SMILES string of the molecule is O=C(NCCCOC1CCNCC1)c1ccccn1. The zero-order valence-corrected chi connectivity index (χ0v) is 11.1. The van der Waals surface area contributed by atoms with E-state index in [1.165, 1.54) is 0 Å². The van der Waals surface area contributed by atoms with Gasteiger partial charge in [-0.3, -0.25) is 9.78 Å². The number of carbonyl (C=O) groups is 1. The molecule has 2 rings (SSSR count). The Morgan fingerprint density at radius 3 is 3.00 bits per heavy atom. The first-order chi connectivity index (χ1) is 9.36. The summed E-state index contributed by atoms with van der Waals surface area (Å²) in [4.78, 5) is 15.7. The maximum atomic E-state index is 11.7. The molecule has 0 aromatic carbocycles. The Balaban J connectivity index is 1.55. The minimum absolute atomic E-state index is 0.123. The van der Waals surface area contributed by atoms with Crippen LogP contribution in [0.25, 0.3) is 0 Å². The first-order valence-electron chi connectivity index (χ1n) is 6.88. The van der Waals surface area contributed by atoms with E-state index in [0.29, 0.717) is 24.9 Å². The molecule has 1 fully saturated rings. The third-order valence-corrected chi connectivity index (χ3v) is 3.14. The van der Waals surface area contributed by atoms with E-state index in [2.05, 4.69) is 15.6 Å². The van der Waals surface area contributed by atoms with Gasteiger partial charge in [-0.15, -0.1) is 0 Å². The standard InChI is InChI=1S/C14H21N3O2/c18-14(13-4-1-2-7-16-13)17-8-3-11-19-12-5-9-15-10-6-12/h1-2,4,7,12,15H,3,5-6,8-11H2,(H,17,18). The van der Waals surface area contributed by atoms with Crippen LogP contribution in [-0.2, 0) is 4.74 Å². The summed E-state index contributed by atoms with van der Waals surface area (Å²) in [5, 5.41) is 6.15. The topological polar surface area (TPSA) is 63.2 Å². The van der Waals surface area contributed by atoms with E-state index in [1.54, 1.807) is 18.3 Å². The zero-order chi connectivity index (χ0) is 13.3. The number of piperidine rings is 1. The molecule has 2 N–H and O–H groups in total. The second-order valence-corrected chi connectivity index (χ2v) is 4.64. The number of rotatable bonds is 6. The van der Waals surface area contributed by atoms with E-state index < -0.39 is 0 Å². The molecule has 1 aliphatic heterocycles. The molecule has 0 unspecified atom stereocenters. The van der Waals surface area contributed by atoms with Gasteiger partial charge in [-0.1, -0.05) is 6.07 Å². The fourth-order valence-electron chi connectivity index (χ4n) is 2.07. The number of ether oxygens (including phenoxy) is 1. The average Bonchev–Trinajstić information content (AvgIpc) is 2.49. The summed E-state index contributed by atoms with van der Waals surface area (Å²) in [5.41, 5.74) is 0.460. The van der Waals surface area contributed by atoms with Crippen molar-refractivity contribution in [3.63, 3.8) is 0 Å². The summed E-state index contributed by atoms with van der Waals surface area (Å²) < 4.78 is 5.76. The van der Waals surface area contributed by atoms with Gasteiger partial charge in [0, 0.05) is 19.3 Å². The molecule has 1 aromatic rings. The average molecular weight is 263 g/mol. The molecule has 5 heteroatoms. The minimum atomic E-state index is -0.123. The van der Waals surface area contributed by atoms with Crippen molar-refractivity contribution in [2.24, 2.45) is 0 Å². The monoisotopic (exact) mass is 263 g/mol. The number of nitrogens with zero attached hydrogens (tertiary/aromatic N) is 1. The molecule has 19 heavy (non-hydrogen) atoms. The van der Waals surface area contributed by atoms with Crippen LogP contribution >= 0.6 is 0 Å². The maximum Gasteiger partial charge on any atom is 0.269 e. The Labute approximate surface area is 113 Å². The normalized spacial score (nSPS) is 16.2. The molecule has 1 saturated heterocycles. The highest BCUT2D eigenvalue weighted by Crippen LogP contribution is 2.07. The molecule has 1 aromatic heterocycles. The zero-order valence-electron chi connectivity index (χ0n) is 11.1. The lowest BCUT2D eigenvalue weighted by atomic mass is 10.1. The highest BCUT2D eigenvalue weighted by atomic mass is 16.5. The Kier molecular flexibility index (Phi) is 5.78. The summed E-state index contributed by atoms with van der Waals surface area (Å²) in [7, 11) is 0. The van der Waals surface area contributed by atoms with Gasteiger partial charge in [-0.25, -0.2) is 0 Å². The van der Waals surface area contributed by atoms with Crippen LogP contribution in [0.15, 0.2) is 24.4 Å². The first kappa shape index (κ1) is 14.0. The largest absolute Gasteiger partial charge is 0.378 e. The van der Waals surface area contributed by atoms with Crippen LogP contribution in [0, 0.1) is 0 Å². The van der Waals surface area contributed by atoms with Gasteiger partial charge >= 0.3 is 0 Å². The second-order valence-electron chi connectivity index (χ2n) is 4.64. The van der Waals surface area contributed by atoms with Gasteiger partial charge < -0.3 is 15.4 Å². The van der Waals surface area contributed by atoms with Crippen LogP contribution in [0.3, 0.4) is 0 Å². The molecule has 1 aliphatic rings. The lowest BCUT2D eigenvalue weighted by molar-refractivity contribution is 0.0317. The molecule has 1 amide bonds. The Bertz CT molecular complexity index is 378. The third kappa shape index (κ3) is 4.96. The summed E-state index contributed by atoms with van der Waals surface area (Å²) in [6.07, 6.45) is 5.01. The number of nitrogens with one attached hydrogen (secondary N) is 2. The fourth-order valence-corrected chi connectivity index (χ4v) is 2.07. The number of carbonyl (C=O) groups excluding carboxylic acids is 1. The smallest absolute Gasteiger partial charge is 0.269 e. The van der Waals surface area contributed by atoms with Crippen LogP contribution in [0.2, 0.25) is 0 Å². The van der Waals surface area contributed by atoms with Crippen molar-refractivity contribution in [2.75, 3.05) is 26.2 Å². The van der Waals surface area contributed by atoms with Crippen LogP contribution in [0.5, 0.6) is 0 Å². The van der Waals surface area contributed by atoms with Crippen LogP contribution in [-0.4, -0.2) is 43.2 Å². The van der Waals surface area contributed by atoms with Gasteiger partial charge in [-0.05, 0) is 44.5 Å². The molecule has 0 bridgehead atoms. The van der Waals surface area contributed by atoms with Crippen molar-refractivity contribution in [1.29, 1.82) is 0 Å². The third-order valence-electron chi connectivity index (χ3n) is 3.14. The highest BCUT2D eigenvalue weighted by Gasteiger charge is 2.12. The van der Waals surface area contributed by atoms with Crippen molar-refractivity contribution < 1.29 is 9.53 Å². The van der Waals surface area contributed by atoms with E-state index in [9.17, 15) is 4.79 Å². The van der Waals surface area contributed by atoms with Gasteiger partial charge in [0.1, 0.15) is 5.69 Å². The lowest BCUT2D eigenvalue weighted by Crippen LogP contribution is -2.33. The molecule has 104 valence electrons. The number of hydrogen-bond donors (Lipinski definition) is 2. The number of amides is 1. The molecule has 0 aliphatic carbocycles. The molecule has 2 heterocycles. The fraction of sp³-hybridized carbons (Fsp3) is 0.571. The predicted molar refractivity (Wildman–Crippen MR) is 73.0 cm³/mol. The predicted octanol–water partition coefficient (Wildman–Crippen LogP) is 0.970. The van der Waals surface area contributed by atoms with Crippen LogP contribution in [0.4, 0.5) is 0 Å². The van der Waals surface area contributed by atoms with Crippen molar-refractivity contribution in [3.05, 3.63) is 30.1 Å². The summed E-state index contributed by atoms with van der Waals surface area (Å²) >= 11 is 0. The maximum absolute atomic E-state index is 11.7. The molecule has 0 spiro atoms. The van der Waals surface area contributed by atoms with Gasteiger partial charge in [0.15, 0.2) is 0 Å². The van der Waals surface area contributed by atoms with Crippen molar-refractivity contribution in [3.8, 4) is 0 Å². The minimum Gasteiger partial charge on any atom is -0.378 e. The molecule has 0 saturated carbocycles. The summed E-state index contributed by atoms with van der Waals surface area (Å²) in [6, 6.07) is 5.31. The Morgan fingerprint density at radius 2 is 2.26 bits per heavy atom. The molecule has 0 radical (unpaired) electrons. The molecule has 0 atom stereocenters. The first-order valence-corrected chi connectivity index (χ1v) is 6.88. The van der Waals surface area contributed by atoms with E-state index in [4.69, 9.17) is 4.74 Å². The Morgan fingerprint density at radius 1 is 1.42 bits per heavy atom. The quantitative estimate of drug-likeness (QED) is 0.751. The number of pyridine rings is 1. The highest BCUT2D eigenvalue weighted by molar-refractivity contribution is 5.92. The summed E-state index contributed by atoms with van der Waals surface area (Å²) in [5.74, 6) is -0.123. The van der Waals surface area contributed by atoms with Crippen molar-refractivity contribution >= 4 is 5.91 Å². The van der Waals surface area contributed by atoms with Gasteiger partial charge in [0.05, 0.1) is 6.10 Å². The van der Waals surface area contributed by atoms with E-state index >= 15 is 0 Å².